The summed E-state index contributed by atoms with van der Waals surface area (Å²) in [5.74, 6) is 2.00. The van der Waals surface area contributed by atoms with Crippen molar-refractivity contribution in [3.05, 3.63) is 77.3 Å². The average Bonchev–Trinajstić information content (AvgIpc) is 3.54. The number of amides is 1. The first kappa shape index (κ1) is 19.7. The highest BCUT2D eigenvalue weighted by Gasteiger charge is 2.34. The maximum Gasteiger partial charge on any atom is 0.267 e. The van der Waals surface area contributed by atoms with E-state index in [4.69, 9.17) is 18.6 Å². The van der Waals surface area contributed by atoms with Crippen molar-refractivity contribution in [3.63, 3.8) is 0 Å². The van der Waals surface area contributed by atoms with E-state index in [0.717, 1.165) is 24.7 Å². The highest BCUT2D eigenvalue weighted by Crippen LogP contribution is 2.36. The van der Waals surface area contributed by atoms with E-state index in [1.165, 1.54) is 11.8 Å². The molecule has 0 aliphatic carbocycles. The molecule has 4 heterocycles. The number of anilines is 1. The molecule has 1 amide bonds. The summed E-state index contributed by atoms with van der Waals surface area (Å²) in [6.07, 6.45) is 3.38. The van der Waals surface area contributed by atoms with Crippen LogP contribution in [0.15, 0.2) is 79.6 Å². The molecule has 0 saturated carbocycles. The fourth-order valence-corrected chi connectivity index (χ4v) is 4.38. The van der Waals surface area contributed by atoms with Gasteiger partial charge in [-0.15, -0.1) is 0 Å². The number of hydrogen-bond acceptors (Lipinski definition) is 7. The van der Waals surface area contributed by atoms with Crippen LogP contribution >= 0.6 is 11.8 Å². The molecular formula is C23H21N3O4S. The SMILES string of the molecule is O=C1/C(=C/c2ccc(N3CCOCC3)o2)SC(=Nc2ccccc2)N1Cc1ccco1. The van der Waals surface area contributed by atoms with Gasteiger partial charge in [-0.2, -0.15) is 0 Å². The minimum absolute atomic E-state index is 0.125. The van der Waals surface area contributed by atoms with Gasteiger partial charge in [0.1, 0.15) is 11.5 Å². The molecular weight excluding hydrogens is 414 g/mol. The van der Waals surface area contributed by atoms with E-state index in [0.29, 0.717) is 41.4 Å². The number of nitrogens with zero attached hydrogens (tertiary/aromatic N) is 3. The number of amidine groups is 1. The lowest BCUT2D eigenvalue weighted by molar-refractivity contribution is -0.122. The number of para-hydroxylation sites is 1. The van der Waals surface area contributed by atoms with E-state index < -0.39 is 0 Å². The van der Waals surface area contributed by atoms with Crippen molar-refractivity contribution in [2.24, 2.45) is 4.99 Å². The van der Waals surface area contributed by atoms with Crippen molar-refractivity contribution >= 4 is 40.5 Å². The van der Waals surface area contributed by atoms with Crippen LogP contribution in [0.2, 0.25) is 0 Å². The van der Waals surface area contributed by atoms with Crippen LogP contribution in [-0.4, -0.2) is 42.3 Å². The van der Waals surface area contributed by atoms with Gasteiger partial charge in [-0.25, -0.2) is 4.99 Å². The van der Waals surface area contributed by atoms with Gasteiger partial charge in [-0.05, 0) is 42.1 Å². The normalized spacial score (nSPS) is 19.7. The summed E-state index contributed by atoms with van der Waals surface area (Å²) < 4.78 is 16.8. The second kappa shape index (κ2) is 8.87. The van der Waals surface area contributed by atoms with Gasteiger partial charge in [-0.3, -0.25) is 9.69 Å². The van der Waals surface area contributed by atoms with E-state index in [1.807, 2.05) is 54.6 Å². The summed E-state index contributed by atoms with van der Waals surface area (Å²) in [6, 6.07) is 17.1. The van der Waals surface area contributed by atoms with Gasteiger partial charge in [0, 0.05) is 25.2 Å². The Morgan fingerprint density at radius 1 is 1.03 bits per heavy atom. The molecule has 5 rings (SSSR count). The highest BCUT2D eigenvalue weighted by molar-refractivity contribution is 8.18. The van der Waals surface area contributed by atoms with Crippen LogP contribution in [-0.2, 0) is 16.1 Å². The molecule has 31 heavy (non-hydrogen) atoms. The third-order valence-corrected chi connectivity index (χ3v) is 5.98. The molecule has 0 N–H and O–H groups in total. The monoisotopic (exact) mass is 435 g/mol. The predicted octanol–water partition coefficient (Wildman–Crippen LogP) is 4.51. The molecule has 2 aromatic heterocycles. The van der Waals surface area contributed by atoms with Gasteiger partial charge in [0.15, 0.2) is 11.1 Å². The number of morpholine rings is 1. The van der Waals surface area contributed by atoms with Gasteiger partial charge >= 0.3 is 0 Å². The first-order valence-corrected chi connectivity index (χ1v) is 10.9. The van der Waals surface area contributed by atoms with Gasteiger partial charge < -0.3 is 18.5 Å². The Labute approximate surface area is 184 Å². The topological polar surface area (TPSA) is 71.4 Å². The molecule has 2 aliphatic heterocycles. The Morgan fingerprint density at radius 3 is 2.65 bits per heavy atom. The van der Waals surface area contributed by atoms with Crippen LogP contribution in [0.1, 0.15) is 11.5 Å². The fraction of sp³-hybridized carbons (Fsp3) is 0.217. The van der Waals surface area contributed by atoms with Crippen molar-refractivity contribution in [1.82, 2.24) is 4.90 Å². The standard InChI is InChI=1S/C23H21N3O4S/c27-22-20(15-18-8-9-21(30-18)25-10-13-28-14-11-25)31-23(24-17-5-2-1-3-6-17)26(22)16-19-7-4-12-29-19/h1-9,12,15H,10-11,13-14,16H2/b20-15-,24-23?. The number of furan rings is 2. The second-order valence-electron chi connectivity index (χ2n) is 7.09. The number of rotatable bonds is 5. The molecule has 8 heteroatoms. The second-order valence-corrected chi connectivity index (χ2v) is 8.10. The number of hydrogen-bond donors (Lipinski definition) is 0. The maximum atomic E-state index is 13.2. The molecule has 158 valence electrons. The molecule has 1 aromatic carbocycles. The van der Waals surface area contributed by atoms with Crippen LogP contribution < -0.4 is 4.90 Å². The molecule has 2 fully saturated rings. The molecule has 0 bridgehead atoms. The average molecular weight is 436 g/mol. The van der Waals surface area contributed by atoms with E-state index in [1.54, 1.807) is 17.2 Å². The van der Waals surface area contributed by atoms with Crippen LogP contribution in [0.25, 0.3) is 6.08 Å². The summed E-state index contributed by atoms with van der Waals surface area (Å²) in [6.45, 7) is 3.28. The lowest BCUT2D eigenvalue weighted by Gasteiger charge is -2.26. The molecule has 0 atom stereocenters. The third kappa shape index (κ3) is 4.45. The third-order valence-electron chi connectivity index (χ3n) is 4.97. The number of carbonyl (C=O) groups excluding carboxylic acids is 1. The van der Waals surface area contributed by atoms with Crippen molar-refractivity contribution in [2.45, 2.75) is 6.54 Å². The first-order chi connectivity index (χ1) is 15.3. The van der Waals surface area contributed by atoms with E-state index in [9.17, 15) is 4.79 Å². The molecule has 2 saturated heterocycles. The van der Waals surface area contributed by atoms with Gasteiger partial charge in [-0.1, -0.05) is 18.2 Å². The predicted molar refractivity (Wildman–Crippen MR) is 120 cm³/mol. The number of ether oxygens (including phenoxy) is 1. The van der Waals surface area contributed by atoms with E-state index in [-0.39, 0.29) is 5.91 Å². The molecule has 0 radical (unpaired) electrons. The Bertz CT molecular complexity index is 1100. The first-order valence-electron chi connectivity index (χ1n) is 10.1. The van der Waals surface area contributed by atoms with E-state index in [2.05, 4.69) is 4.90 Å². The number of benzene rings is 1. The van der Waals surface area contributed by atoms with Crippen molar-refractivity contribution in [3.8, 4) is 0 Å². The zero-order chi connectivity index (χ0) is 21.0. The quantitative estimate of drug-likeness (QED) is 0.549. The molecule has 7 nitrogen and oxygen atoms in total. The lowest BCUT2D eigenvalue weighted by Crippen LogP contribution is -2.35. The summed E-state index contributed by atoms with van der Waals surface area (Å²) in [4.78, 5) is 22.2. The zero-order valence-electron chi connectivity index (χ0n) is 16.8. The summed E-state index contributed by atoms with van der Waals surface area (Å²) in [7, 11) is 0. The van der Waals surface area contributed by atoms with Crippen LogP contribution in [0, 0.1) is 0 Å². The van der Waals surface area contributed by atoms with Crippen molar-refractivity contribution in [1.29, 1.82) is 0 Å². The van der Waals surface area contributed by atoms with Crippen molar-refractivity contribution in [2.75, 3.05) is 31.2 Å². The summed E-state index contributed by atoms with van der Waals surface area (Å²) in [5.41, 5.74) is 0.788. The molecule has 0 spiro atoms. The number of thioether (sulfide) groups is 1. The number of aliphatic imine (C=N–C) groups is 1. The van der Waals surface area contributed by atoms with Gasteiger partial charge in [0.25, 0.3) is 5.91 Å². The Balaban J connectivity index is 1.42. The van der Waals surface area contributed by atoms with Crippen LogP contribution in [0.4, 0.5) is 11.6 Å². The Hall–Kier alpha value is -3.23. The highest BCUT2D eigenvalue weighted by atomic mass is 32.2. The lowest BCUT2D eigenvalue weighted by atomic mass is 10.3. The maximum absolute atomic E-state index is 13.2. The fourth-order valence-electron chi connectivity index (χ4n) is 3.40. The smallest absolute Gasteiger partial charge is 0.267 e. The zero-order valence-corrected chi connectivity index (χ0v) is 17.6. The molecule has 3 aromatic rings. The number of carbonyl (C=O) groups is 1. The minimum atomic E-state index is -0.125. The van der Waals surface area contributed by atoms with E-state index >= 15 is 0 Å². The Morgan fingerprint density at radius 2 is 1.87 bits per heavy atom. The summed E-state index contributed by atoms with van der Waals surface area (Å²) in [5, 5.41) is 0.610. The van der Waals surface area contributed by atoms with Gasteiger partial charge in [0.05, 0.1) is 36.6 Å². The van der Waals surface area contributed by atoms with Crippen LogP contribution in [0.3, 0.4) is 0 Å². The van der Waals surface area contributed by atoms with Gasteiger partial charge in [0.2, 0.25) is 0 Å². The largest absolute Gasteiger partial charge is 0.467 e. The Kier molecular flexibility index (Phi) is 5.64. The molecule has 0 unspecified atom stereocenters. The van der Waals surface area contributed by atoms with Crippen LogP contribution in [0.5, 0.6) is 0 Å². The molecule has 2 aliphatic rings. The van der Waals surface area contributed by atoms with Crippen molar-refractivity contribution < 1.29 is 18.4 Å². The summed E-state index contributed by atoms with van der Waals surface area (Å²) >= 11 is 1.34. The minimum Gasteiger partial charge on any atom is -0.467 e.